The number of methoxy groups -OCH3 is 1. The van der Waals surface area contributed by atoms with Gasteiger partial charge >= 0.3 is 0 Å². The van der Waals surface area contributed by atoms with Crippen LogP contribution >= 0.6 is 0 Å². The highest BCUT2D eigenvalue weighted by Crippen LogP contribution is 2.24. The van der Waals surface area contributed by atoms with Crippen molar-refractivity contribution in [3.63, 3.8) is 0 Å². The lowest BCUT2D eigenvalue weighted by atomic mass is 10.2. The maximum absolute atomic E-state index is 12.6. The number of hydrogen-bond acceptors (Lipinski definition) is 3. The van der Waals surface area contributed by atoms with Crippen molar-refractivity contribution in [1.82, 2.24) is 9.88 Å². The Morgan fingerprint density at radius 1 is 1.16 bits per heavy atom. The molecule has 3 aromatic rings. The van der Waals surface area contributed by atoms with Crippen molar-refractivity contribution in [3.8, 4) is 11.5 Å². The van der Waals surface area contributed by atoms with Crippen molar-refractivity contribution in [2.45, 2.75) is 13.5 Å². The predicted molar refractivity (Wildman–Crippen MR) is 98.3 cm³/mol. The van der Waals surface area contributed by atoms with Crippen molar-refractivity contribution in [2.24, 2.45) is 7.05 Å². The number of ether oxygens (including phenoxy) is 2. The maximum atomic E-state index is 12.6. The normalized spacial score (nSPS) is 10.7. The van der Waals surface area contributed by atoms with Gasteiger partial charge in [0.05, 0.1) is 13.7 Å². The average Bonchev–Trinajstić information content (AvgIpc) is 2.96. The monoisotopic (exact) mass is 338 g/mol. The molecule has 1 aromatic heterocycles. The Hall–Kier alpha value is -2.95. The molecular weight excluding hydrogens is 316 g/mol. The van der Waals surface area contributed by atoms with Gasteiger partial charge in [-0.15, -0.1) is 0 Å². The number of hydrogen-bond donors (Lipinski definition) is 1. The topological polar surface area (TPSA) is 52.5 Å². The van der Waals surface area contributed by atoms with Crippen molar-refractivity contribution in [3.05, 3.63) is 59.8 Å². The Balaban J connectivity index is 1.81. The molecule has 0 bridgehead atoms. The van der Waals surface area contributed by atoms with Gasteiger partial charge in [-0.2, -0.15) is 0 Å². The smallest absolute Gasteiger partial charge is 0.268 e. The Labute approximate surface area is 147 Å². The molecule has 0 fully saturated rings. The number of fused-ring (bicyclic) bond motifs is 1. The highest BCUT2D eigenvalue weighted by molar-refractivity contribution is 5.99. The molecule has 0 atom stereocenters. The zero-order valence-corrected chi connectivity index (χ0v) is 14.7. The second-order valence-electron chi connectivity index (χ2n) is 5.74. The van der Waals surface area contributed by atoms with Gasteiger partial charge in [0.1, 0.15) is 17.2 Å². The Morgan fingerprint density at radius 2 is 1.96 bits per heavy atom. The van der Waals surface area contributed by atoms with E-state index in [1.54, 1.807) is 7.11 Å². The molecule has 0 saturated heterocycles. The van der Waals surface area contributed by atoms with Crippen LogP contribution in [0.4, 0.5) is 0 Å². The van der Waals surface area contributed by atoms with Crippen molar-refractivity contribution < 1.29 is 14.3 Å². The van der Waals surface area contributed by atoms with E-state index in [1.165, 1.54) is 0 Å². The Bertz CT molecular complexity index is 899. The first-order chi connectivity index (χ1) is 12.1. The summed E-state index contributed by atoms with van der Waals surface area (Å²) >= 11 is 0. The zero-order valence-electron chi connectivity index (χ0n) is 14.7. The van der Waals surface area contributed by atoms with Gasteiger partial charge < -0.3 is 19.4 Å². The summed E-state index contributed by atoms with van der Waals surface area (Å²) in [6.07, 6.45) is 0. The summed E-state index contributed by atoms with van der Waals surface area (Å²) in [7, 11) is 3.52. The van der Waals surface area contributed by atoms with Crippen LogP contribution in [-0.2, 0) is 13.6 Å². The number of carbonyl (C=O) groups excluding carboxylic acids is 1. The standard InChI is InChI=1S/C20H22N2O3/c1-4-25-16-9-10-17-15(11-16)12-18(22(17)2)20(23)21-13-14-7-5-6-8-19(14)24-3/h5-12H,4,13H2,1-3H3,(H,21,23). The average molecular weight is 338 g/mol. The van der Waals surface area contributed by atoms with Crippen LogP contribution in [0, 0.1) is 0 Å². The minimum absolute atomic E-state index is 0.123. The van der Waals surface area contributed by atoms with E-state index in [-0.39, 0.29) is 5.91 Å². The largest absolute Gasteiger partial charge is 0.496 e. The molecule has 25 heavy (non-hydrogen) atoms. The molecule has 2 aromatic carbocycles. The number of amides is 1. The summed E-state index contributed by atoms with van der Waals surface area (Å²) in [6.45, 7) is 2.98. The van der Waals surface area contributed by atoms with E-state index in [1.807, 2.05) is 67.1 Å². The molecule has 0 aliphatic carbocycles. The zero-order chi connectivity index (χ0) is 17.8. The third-order valence-electron chi connectivity index (χ3n) is 4.19. The molecular formula is C20H22N2O3. The molecule has 1 amide bonds. The number of nitrogens with one attached hydrogen (secondary N) is 1. The van der Waals surface area contributed by atoms with Gasteiger partial charge in [-0.25, -0.2) is 0 Å². The van der Waals surface area contributed by atoms with Crippen LogP contribution < -0.4 is 14.8 Å². The number of aromatic nitrogens is 1. The highest BCUT2D eigenvalue weighted by atomic mass is 16.5. The van der Waals surface area contributed by atoms with Crippen molar-refractivity contribution in [1.29, 1.82) is 0 Å². The van der Waals surface area contributed by atoms with E-state index in [9.17, 15) is 4.79 Å². The van der Waals surface area contributed by atoms with Gasteiger partial charge in [0.25, 0.3) is 5.91 Å². The first-order valence-corrected chi connectivity index (χ1v) is 8.26. The lowest BCUT2D eigenvalue weighted by Crippen LogP contribution is -2.25. The minimum atomic E-state index is -0.123. The summed E-state index contributed by atoms with van der Waals surface area (Å²) in [5.74, 6) is 1.45. The highest BCUT2D eigenvalue weighted by Gasteiger charge is 2.14. The van der Waals surface area contributed by atoms with E-state index in [0.29, 0.717) is 18.8 Å². The summed E-state index contributed by atoms with van der Waals surface area (Å²) in [5.41, 5.74) is 2.54. The van der Waals surface area contributed by atoms with Crippen LogP contribution in [-0.4, -0.2) is 24.2 Å². The number of aryl methyl sites for hydroxylation is 1. The van der Waals surface area contributed by atoms with Crippen LogP contribution in [0.1, 0.15) is 23.0 Å². The molecule has 0 spiro atoms. The van der Waals surface area contributed by atoms with Gasteiger partial charge in [0.2, 0.25) is 0 Å². The van der Waals surface area contributed by atoms with Gasteiger partial charge in [-0.05, 0) is 37.3 Å². The molecule has 0 radical (unpaired) electrons. The number of benzene rings is 2. The van der Waals surface area contributed by atoms with Crippen LogP contribution in [0.25, 0.3) is 10.9 Å². The fourth-order valence-electron chi connectivity index (χ4n) is 2.92. The van der Waals surface area contributed by atoms with Crippen LogP contribution in [0.15, 0.2) is 48.5 Å². The molecule has 0 unspecified atom stereocenters. The molecule has 130 valence electrons. The van der Waals surface area contributed by atoms with E-state index in [0.717, 1.165) is 28.0 Å². The van der Waals surface area contributed by atoms with Gasteiger partial charge in [-0.3, -0.25) is 4.79 Å². The molecule has 0 aliphatic heterocycles. The minimum Gasteiger partial charge on any atom is -0.496 e. The summed E-state index contributed by atoms with van der Waals surface area (Å²) in [6, 6.07) is 15.4. The van der Waals surface area contributed by atoms with E-state index < -0.39 is 0 Å². The fraction of sp³-hybridized carbons (Fsp3) is 0.250. The second kappa shape index (κ2) is 7.30. The summed E-state index contributed by atoms with van der Waals surface area (Å²) in [5, 5.41) is 3.94. The molecule has 3 rings (SSSR count). The van der Waals surface area contributed by atoms with Gasteiger partial charge in [0, 0.05) is 30.1 Å². The molecule has 5 nitrogen and oxygen atoms in total. The van der Waals surface area contributed by atoms with Gasteiger partial charge in [0.15, 0.2) is 0 Å². The van der Waals surface area contributed by atoms with Crippen molar-refractivity contribution >= 4 is 16.8 Å². The number of nitrogens with zero attached hydrogens (tertiary/aromatic N) is 1. The molecule has 0 saturated carbocycles. The van der Waals surface area contributed by atoms with Crippen LogP contribution in [0.3, 0.4) is 0 Å². The van der Waals surface area contributed by atoms with E-state index in [2.05, 4.69) is 5.32 Å². The van der Waals surface area contributed by atoms with Crippen LogP contribution in [0.5, 0.6) is 11.5 Å². The quantitative estimate of drug-likeness (QED) is 0.748. The number of rotatable bonds is 6. The fourth-order valence-corrected chi connectivity index (χ4v) is 2.92. The number of carbonyl (C=O) groups is 1. The Kier molecular flexibility index (Phi) is 4.93. The molecule has 1 heterocycles. The lowest BCUT2D eigenvalue weighted by Gasteiger charge is -2.10. The van der Waals surface area contributed by atoms with E-state index >= 15 is 0 Å². The maximum Gasteiger partial charge on any atom is 0.268 e. The van der Waals surface area contributed by atoms with Crippen LogP contribution in [0.2, 0.25) is 0 Å². The van der Waals surface area contributed by atoms with Gasteiger partial charge in [-0.1, -0.05) is 18.2 Å². The van der Waals surface area contributed by atoms with Crippen molar-refractivity contribution in [2.75, 3.05) is 13.7 Å². The lowest BCUT2D eigenvalue weighted by molar-refractivity contribution is 0.0943. The summed E-state index contributed by atoms with van der Waals surface area (Å²) < 4.78 is 12.7. The summed E-state index contributed by atoms with van der Waals surface area (Å²) in [4.78, 5) is 12.6. The first kappa shape index (κ1) is 16.9. The number of para-hydroxylation sites is 1. The SMILES string of the molecule is CCOc1ccc2c(c1)cc(C(=O)NCc1ccccc1OC)n2C. The third kappa shape index (κ3) is 3.45. The third-order valence-corrected chi connectivity index (χ3v) is 4.19. The molecule has 1 N–H and O–H groups in total. The first-order valence-electron chi connectivity index (χ1n) is 8.26. The molecule has 0 aliphatic rings. The second-order valence-corrected chi connectivity index (χ2v) is 5.74. The predicted octanol–water partition coefficient (Wildman–Crippen LogP) is 3.52. The van der Waals surface area contributed by atoms with E-state index in [4.69, 9.17) is 9.47 Å². The molecule has 5 heteroatoms. The Morgan fingerprint density at radius 3 is 2.72 bits per heavy atom.